The zero-order valence-electron chi connectivity index (χ0n) is 12.5. The van der Waals surface area contributed by atoms with Crippen LogP contribution in [0.3, 0.4) is 0 Å². The van der Waals surface area contributed by atoms with E-state index in [0.717, 1.165) is 5.56 Å². The quantitative estimate of drug-likeness (QED) is 0.785. The maximum atomic E-state index is 11.6. The first kappa shape index (κ1) is 16.2. The Bertz CT molecular complexity index is 465. The van der Waals surface area contributed by atoms with Crippen LogP contribution in [0, 0.1) is 5.92 Å². The molecule has 0 aliphatic heterocycles. The molecule has 0 aliphatic rings. The minimum atomic E-state index is -1.10. The third kappa shape index (κ3) is 4.68. The van der Waals surface area contributed by atoms with Gasteiger partial charge in [0.2, 0.25) is 5.91 Å². The number of hydrogen-bond acceptors (Lipinski definition) is 2. The van der Waals surface area contributed by atoms with Crippen molar-refractivity contribution in [2.75, 3.05) is 0 Å². The van der Waals surface area contributed by atoms with Gasteiger partial charge < -0.3 is 10.4 Å². The van der Waals surface area contributed by atoms with Gasteiger partial charge in [0.15, 0.2) is 0 Å². The summed E-state index contributed by atoms with van der Waals surface area (Å²) in [5, 5.41) is 11.5. The molecule has 2 unspecified atom stereocenters. The highest BCUT2D eigenvalue weighted by molar-refractivity contribution is 5.96. The van der Waals surface area contributed by atoms with Crippen molar-refractivity contribution >= 4 is 11.9 Å². The van der Waals surface area contributed by atoms with Crippen LogP contribution < -0.4 is 5.32 Å². The molecule has 0 heterocycles. The van der Waals surface area contributed by atoms with Gasteiger partial charge in [0.1, 0.15) is 5.92 Å². The van der Waals surface area contributed by atoms with Crippen LogP contribution in [0.4, 0.5) is 0 Å². The number of nitrogens with one attached hydrogen (secondary N) is 1. The molecule has 0 saturated carbocycles. The number of amides is 1. The highest BCUT2D eigenvalue weighted by Crippen LogP contribution is 2.15. The summed E-state index contributed by atoms with van der Waals surface area (Å²) >= 11 is 0. The Kier molecular flexibility index (Phi) is 5.74. The smallest absolute Gasteiger partial charge is 0.315 e. The minimum Gasteiger partial charge on any atom is -0.481 e. The lowest BCUT2D eigenvalue weighted by Gasteiger charge is -2.16. The third-order valence-corrected chi connectivity index (χ3v) is 3.34. The number of aliphatic carboxylic acids is 1. The maximum Gasteiger partial charge on any atom is 0.315 e. The van der Waals surface area contributed by atoms with Crippen LogP contribution in [0.25, 0.3) is 0 Å². The van der Waals surface area contributed by atoms with E-state index < -0.39 is 17.8 Å². The van der Waals surface area contributed by atoms with Crippen molar-refractivity contribution in [2.45, 2.75) is 46.1 Å². The van der Waals surface area contributed by atoms with Crippen molar-refractivity contribution < 1.29 is 14.7 Å². The zero-order chi connectivity index (χ0) is 15.3. The van der Waals surface area contributed by atoms with Crippen molar-refractivity contribution in [3.63, 3.8) is 0 Å². The van der Waals surface area contributed by atoms with Gasteiger partial charge >= 0.3 is 5.97 Å². The predicted molar refractivity (Wildman–Crippen MR) is 78.6 cm³/mol. The molecule has 0 radical (unpaired) electrons. The van der Waals surface area contributed by atoms with Crippen molar-refractivity contribution in [1.29, 1.82) is 0 Å². The van der Waals surface area contributed by atoms with Crippen molar-refractivity contribution in [2.24, 2.45) is 5.92 Å². The van der Waals surface area contributed by atoms with Crippen LogP contribution in [0.5, 0.6) is 0 Å². The lowest BCUT2D eigenvalue weighted by Crippen LogP contribution is -2.40. The summed E-state index contributed by atoms with van der Waals surface area (Å²) in [6, 6.07) is 8.20. The van der Waals surface area contributed by atoms with Crippen molar-refractivity contribution in [3.05, 3.63) is 35.4 Å². The zero-order valence-corrected chi connectivity index (χ0v) is 12.5. The largest absolute Gasteiger partial charge is 0.481 e. The fourth-order valence-electron chi connectivity index (χ4n) is 1.92. The van der Waals surface area contributed by atoms with Crippen LogP contribution in [-0.4, -0.2) is 23.0 Å². The molecule has 4 heteroatoms. The summed E-state index contributed by atoms with van der Waals surface area (Å²) in [5.74, 6) is -2.06. The first-order chi connectivity index (χ1) is 9.31. The first-order valence-electron chi connectivity index (χ1n) is 6.93. The Balaban J connectivity index is 2.56. The molecule has 0 fully saturated rings. The molecule has 0 aliphatic carbocycles. The molecule has 0 saturated heterocycles. The van der Waals surface area contributed by atoms with Crippen LogP contribution in [0.2, 0.25) is 0 Å². The van der Waals surface area contributed by atoms with Gasteiger partial charge in [-0.1, -0.05) is 38.1 Å². The number of benzene rings is 1. The van der Waals surface area contributed by atoms with E-state index in [1.165, 1.54) is 12.5 Å². The second-order valence-corrected chi connectivity index (χ2v) is 5.57. The van der Waals surface area contributed by atoms with Gasteiger partial charge in [-0.2, -0.15) is 0 Å². The minimum absolute atomic E-state index is 0.0887. The summed E-state index contributed by atoms with van der Waals surface area (Å²) in [6.07, 6.45) is 0.691. The highest BCUT2D eigenvalue weighted by atomic mass is 16.4. The van der Waals surface area contributed by atoms with E-state index in [2.05, 4.69) is 43.4 Å². The summed E-state index contributed by atoms with van der Waals surface area (Å²) in [5.41, 5.74) is 2.41. The second kappa shape index (κ2) is 7.08. The molecule has 0 bridgehead atoms. The number of rotatable bonds is 6. The van der Waals surface area contributed by atoms with Gasteiger partial charge in [-0.05, 0) is 37.3 Å². The Morgan fingerprint density at radius 1 is 1.10 bits per heavy atom. The molecule has 20 heavy (non-hydrogen) atoms. The van der Waals surface area contributed by atoms with Gasteiger partial charge in [0.25, 0.3) is 0 Å². The molecule has 1 aromatic rings. The van der Waals surface area contributed by atoms with Gasteiger partial charge in [-0.3, -0.25) is 9.59 Å². The molecule has 1 amide bonds. The molecule has 0 aromatic heterocycles. The second-order valence-electron chi connectivity index (χ2n) is 5.57. The van der Waals surface area contributed by atoms with E-state index in [0.29, 0.717) is 12.3 Å². The molecular formula is C16H23NO3. The summed E-state index contributed by atoms with van der Waals surface area (Å²) in [4.78, 5) is 22.4. The Morgan fingerprint density at radius 3 is 2.10 bits per heavy atom. The maximum absolute atomic E-state index is 11.6. The fourth-order valence-corrected chi connectivity index (χ4v) is 1.92. The lowest BCUT2D eigenvalue weighted by molar-refractivity contribution is -0.146. The van der Waals surface area contributed by atoms with Crippen LogP contribution >= 0.6 is 0 Å². The van der Waals surface area contributed by atoms with E-state index in [-0.39, 0.29) is 6.04 Å². The Hall–Kier alpha value is -1.84. The molecule has 2 N–H and O–H groups in total. The number of carbonyl (C=O) groups is 2. The normalized spacial score (nSPS) is 13.8. The standard InChI is InChI=1S/C16H23NO3/c1-10(2)14-7-5-13(6-8-14)9-11(3)17-15(18)12(4)16(19)20/h5-8,10-12H,9H2,1-4H3,(H,17,18)(H,19,20). The van der Waals surface area contributed by atoms with E-state index in [4.69, 9.17) is 5.11 Å². The SMILES string of the molecule is CC(Cc1ccc(C(C)C)cc1)NC(=O)C(C)C(=O)O. The number of hydrogen-bond donors (Lipinski definition) is 2. The number of carboxylic acids is 1. The number of carbonyl (C=O) groups excluding carboxylic acids is 1. The summed E-state index contributed by atoms with van der Waals surface area (Å²) in [6.45, 7) is 7.56. The lowest BCUT2D eigenvalue weighted by atomic mass is 9.99. The van der Waals surface area contributed by atoms with E-state index in [1.807, 2.05) is 6.92 Å². The van der Waals surface area contributed by atoms with E-state index >= 15 is 0 Å². The van der Waals surface area contributed by atoms with E-state index in [1.54, 1.807) is 0 Å². The molecule has 110 valence electrons. The topological polar surface area (TPSA) is 66.4 Å². The van der Waals surface area contributed by atoms with Crippen LogP contribution in [-0.2, 0) is 16.0 Å². The molecule has 1 rings (SSSR count). The summed E-state index contributed by atoms with van der Waals surface area (Å²) < 4.78 is 0. The average molecular weight is 277 g/mol. The average Bonchev–Trinajstić information content (AvgIpc) is 2.37. The Morgan fingerprint density at radius 2 is 1.65 bits per heavy atom. The predicted octanol–water partition coefficient (Wildman–Crippen LogP) is 2.58. The van der Waals surface area contributed by atoms with Gasteiger partial charge in [0, 0.05) is 6.04 Å². The molecule has 2 atom stereocenters. The fraction of sp³-hybridized carbons (Fsp3) is 0.500. The summed E-state index contributed by atoms with van der Waals surface area (Å²) in [7, 11) is 0. The van der Waals surface area contributed by atoms with Crippen molar-refractivity contribution in [1.82, 2.24) is 5.32 Å². The van der Waals surface area contributed by atoms with Crippen LogP contribution in [0.15, 0.2) is 24.3 Å². The van der Waals surface area contributed by atoms with Crippen molar-refractivity contribution in [3.8, 4) is 0 Å². The highest BCUT2D eigenvalue weighted by Gasteiger charge is 2.21. The number of carboxylic acid groups (broad SMARTS) is 1. The van der Waals surface area contributed by atoms with Gasteiger partial charge in [0.05, 0.1) is 0 Å². The Labute approximate surface area is 120 Å². The monoisotopic (exact) mass is 277 g/mol. The third-order valence-electron chi connectivity index (χ3n) is 3.34. The first-order valence-corrected chi connectivity index (χ1v) is 6.93. The molecule has 4 nitrogen and oxygen atoms in total. The van der Waals surface area contributed by atoms with E-state index in [9.17, 15) is 9.59 Å². The van der Waals surface area contributed by atoms with Gasteiger partial charge in [-0.25, -0.2) is 0 Å². The van der Waals surface area contributed by atoms with Gasteiger partial charge in [-0.15, -0.1) is 0 Å². The van der Waals surface area contributed by atoms with Crippen LogP contribution in [0.1, 0.15) is 44.7 Å². The molecule has 1 aromatic carbocycles. The molecule has 0 spiro atoms. The molecular weight excluding hydrogens is 254 g/mol.